The van der Waals surface area contributed by atoms with Gasteiger partial charge in [0.15, 0.2) is 5.76 Å². The third-order valence-electron chi connectivity index (χ3n) is 3.02. The monoisotopic (exact) mass is 278 g/mol. The molecule has 0 bridgehead atoms. The summed E-state index contributed by atoms with van der Waals surface area (Å²) in [7, 11) is 2.10. The van der Waals surface area contributed by atoms with Gasteiger partial charge in [-0.15, -0.1) is 0 Å². The van der Waals surface area contributed by atoms with Crippen LogP contribution in [0.2, 0.25) is 5.02 Å². The van der Waals surface area contributed by atoms with Crippen LogP contribution in [0.15, 0.2) is 34.9 Å². The number of rotatable bonds is 6. The highest BCUT2D eigenvalue weighted by atomic mass is 35.5. The maximum Gasteiger partial charge on any atom is 0.151 e. The van der Waals surface area contributed by atoms with Crippen LogP contribution in [-0.4, -0.2) is 23.6 Å². The molecule has 0 spiro atoms. The van der Waals surface area contributed by atoms with Crippen molar-refractivity contribution in [3.8, 4) is 11.3 Å². The Hall–Kier alpha value is -1.32. The molecule has 102 valence electrons. The molecular weight excluding hydrogens is 260 g/mol. The average molecular weight is 279 g/mol. The molecule has 1 aromatic heterocycles. The highest BCUT2D eigenvalue weighted by Crippen LogP contribution is 2.21. The van der Waals surface area contributed by atoms with E-state index in [1.54, 1.807) is 0 Å². The van der Waals surface area contributed by atoms with Gasteiger partial charge in [-0.3, -0.25) is 4.90 Å². The second-order valence-electron chi connectivity index (χ2n) is 4.78. The molecule has 0 saturated heterocycles. The minimum Gasteiger partial charge on any atom is -0.359 e. The quantitative estimate of drug-likeness (QED) is 0.792. The second-order valence-corrected chi connectivity index (χ2v) is 5.21. The largest absolute Gasteiger partial charge is 0.359 e. The third kappa shape index (κ3) is 4.08. The molecule has 0 amide bonds. The number of nitrogens with zero attached hydrogens (tertiary/aromatic N) is 2. The van der Waals surface area contributed by atoms with Crippen molar-refractivity contribution in [2.75, 3.05) is 13.6 Å². The van der Waals surface area contributed by atoms with Crippen LogP contribution in [0.5, 0.6) is 0 Å². The van der Waals surface area contributed by atoms with Crippen LogP contribution in [0.4, 0.5) is 0 Å². The molecule has 2 rings (SSSR count). The molecule has 0 N–H and O–H groups in total. The summed E-state index contributed by atoms with van der Waals surface area (Å²) in [5, 5.41) is 4.83. The van der Waals surface area contributed by atoms with Gasteiger partial charge in [-0.1, -0.05) is 42.2 Å². The van der Waals surface area contributed by atoms with Gasteiger partial charge in [-0.05, 0) is 32.1 Å². The number of aromatic nitrogens is 1. The van der Waals surface area contributed by atoms with Crippen LogP contribution >= 0.6 is 11.6 Å². The molecule has 0 atom stereocenters. The fourth-order valence-electron chi connectivity index (χ4n) is 1.92. The highest BCUT2D eigenvalue weighted by Gasteiger charge is 2.08. The van der Waals surface area contributed by atoms with Crippen molar-refractivity contribution in [2.24, 2.45) is 0 Å². The predicted octanol–water partition coefficient (Wildman–Crippen LogP) is 4.23. The van der Waals surface area contributed by atoms with Crippen molar-refractivity contribution in [3.63, 3.8) is 0 Å². The van der Waals surface area contributed by atoms with Crippen LogP contribution in [0.1, 0.15) is 25.5 Å². The smallest absolute Gasteiger partial charge is 0.151 e. The predicted molar refractivity (Wildman–Crippen MR) is 78.2 cm³/mol. The lowest BCUT2D eigenvalue weighted by Crippen LogP contribution is -2.18. The molecule has 0 unspecified atom stereocenters. The van der Waals surface area contributed by atoms with Crippen molar-refractivity contribution >= 4 is 11.6 Å². The van der Waals surface area contributed by atoms with Crippen molar-refractivity contribution in [2.45, 2.75) is 26.3 Å². The summed E-state index contributed by atoms with van der Waals surface area (Å²) in [6, 6.07) is 9.61. The van der Waals surface area contributed by atoms with Gasteiger partial charge in [-0.2, -0.15) is 0 Å². The minimum absolute atomic E-state index is 0.728. The number of hydrogen-bond donors (Lipinski definition) is 0. The van der Waals surface area contributed by atoms with Gasteiger partial charge in [-0.25, -0.2) is 0 Å². The van der Waals surface area contributed by atoms with E-state index in [9.17, 15) is 0 Å². The van der Waals surface area contributed by atoms with Gasteiger partial charge < -0.3 is 4.52 Å². The van der Waals surface area contributed by atoms with E-state index >= 15 is 0 Å². The summed E-state index contributed by atoms with van der Waals surface area (Å²) in [4.78, 5) is 2.25. The molecule has 3 nitrogen and oxygen atoms in total. The van der Waals surface area contributed by atoms with E-state index in [1.165, 1.54) is 12.8 Å². The van der Waals surface area contributed by atoms with E-state index in [0.29, 0.717) is 0 Å². The van der Waals surface area contributed by atoms with Crippen LogP contribution in [0, 0.1) is 0 Å². The Morgan fingerprint density at radius 3 is 2.68 bits per heavy atom. The van der Waals surface area contributed by atoms with Gasteiger partial charge in [0.1, 0.15) is 5.69 Å². The van der Waals surface area contributed by atoms with E-state index in [0.717, 1.165) is 35.1 Å². The molecule has 0 fully saturated rings. The first-order valence-electron chi connectivity index (χ1n) is 6.59. The van der Waals surface area contributed by atoms with Crippen LogP contribution in [-0.2, 0) is 6.54 Å². The normalized spacial score (nSPS) is 11.2. The van der Waals surface area contributed by atoms with Crippen molar-refractivity contribution in [1.29, 1.82) is 0 Å². The van der Waals surface area contributed by atoms with Crippen molar-refractivity contribution in [1.82, 2.24) is 10.1 Å². The molecular formula is C15H19ClN2O. The van der Waals surface area contributed by atoms with Crippen LogP contribution < -0.4 is 0 Å². The molecule has 0 saturated carbocycles. The summed E-state index contributed by atoms with van der Waals surface area (Å²) in [5.41, 5.74) is 1.88. The van der Waals surface area contributed by atoms with E-state index in [-0.39, 0.29) is 0 Å². The van der Waals surface area contributed by atoms with Gasteiger partial charge in [0.2, 0.25) is 0 Å². The standard InChI is InChI=1S/C15H19ClN2O/c1-3-4-9-18(2)11-14-10-15(17-19-14)12-5-7-13(16)8-6-12/h5-8,10H,3-4,9,11H2,1-2H3. The second kappa shape index (κ2) is 6.73. The van der Waals surface area contributed by atoms with Gasteiger partial charge in [0.25, 0.3) is 0 Å². The Morgan fingerprint density at radius 2 is 2.00 bits per heavy atom. The van der Waals surface area contributed by atoms with Crippen LogP contribution in [0.25, 0.3) is 11.3 Å². The Balaban J connectivity index is 2.00. The van der Waals surface area contributed by atoms with E-state index < -0.39 is 0 Å². The Morgan fingerprint density at radius 1 is 1.26 bits per heavy atom. The van der Waals surface area contributed by atoms with Crippen molar-refractivity contribution in [3.05, 3.63) is 41.1 Å². The Labute approximate surface area is 119 Å². The fraction of sp³-hybridized carbons (Fsp3) is 0.400. The SMILES string of the molecule is CCCCN(C)Cc1cc(-c2ccc(Cl)cc2)no1. The zero-order valence-electron chi connectivity index (χ0n) is 11.4. The summed E-state index contributed by atoms with van der Waals surface area (Å²) in [5.74, 6) is 0.892. The molecule has 1 aromatic carbocycles. The first kappa shape index (κ1) is 14.1. The molecule has 4 heteroatoms. The maximum atomic E-state index is 5.87. The molecule has 0 aliphatic carbocycles. The van der Waals surface area contributed by atoms with Crippen LogP contribution in [0.3, 0.4) is 0 Å². The average Bonchev–Trinajstić information content (AvgIpc) is 2.85. The molecule has 0 aliphatic heterocycles. The fourth-order valence-corrected chi connectivity index (χ4v) is 2.04. The number of halogens is 1. The Kier molecular flexibility index (Phi) is 5.00. The molecule has 1 heterocycles. The summed E-state index contributed by atoms with van der Waals surface area (Å²) >= 11 is 5.87. The zero-order chi connectivity index (χ0) is 13.7. The topological polar surface area (TPSA) is 29.3 Å². The lowest BCUT2D eigenvalue weighted by molar-refractivity contribution is 0.270. The van der Waals surface area contributed by atoms with E-state index in [2.05, 4.69) is 24.0 Å². The lowest BCUT2D eigenvalue weighted by Gasteiger charge is -2.13. The summed E-state index contributed by atoms with van der Waals surface area (Å²) in [6.07, 6.45) is 2.41. The highest BCUT2D eigenvalue weighted by molar-refractivity contribution is 6.30. The van der Waals surface area contributed by atoms with Crippen molar-refractivity contribution < 1.29 is 4.52 Å². The number of hydrogen-bond acceptors (Lipinski definition) is 3. The first-order chi connectivity index (χ1) is 9.19. The lowest BCUT2D eigenvalue weighted by atomic mass is 10.1. The molecule has 19 heavy (non-hydrogen) atoms. The number of unbranched alkanes of at least 4 members (excludes halogenated alkanes) is 1. The number of benzene rings is 1. The van der Waals surface area contributed by atoms with Gasteiger partial charge in [0, 0.05) is 16.7 Å². The minimum atomic E-state index is 0.728. The summed E-state index contributed by atoms with van der Waals surface area (Å²) < 4.78 is 5.38. The van der Waals surface area contributed by atoms with E-state index in [4.69, 9.17) is 16.1 Å². The first-order valence-corrected chi connectivity index (χ1v) is 6.97. The third-order valence-corrected chi connectivity index (χ3v) is 3.27. The maximum absolute atomic E-state index is 5.87. The summed E-state index contributed by atoms with van der Waals surface area (Å²) in [6.45, 7) is 4.06. The molecule has 0 aliphatic rings. The van der Waals surface area contributed by atoms with Gasteiger partial charge in [0.05, 0.1) is 6.54 Å². The molecule has 2 aromatic rings. The Bertz CT molecular complexity index is 507. The van der Waals surface area contributed by atoms with E-state index in [1.807, 2.05) is 30.3 Å². The molecule has 0 radical (unpaired) electrons. The van der Waals surface area contributed by atoms with Gasteiger partial charge >= 0.3 is 0 Å². The zero-order valence-corrected chi connectivity index (χ0v) is 12.2.